The molecule has 0 saturated carbocycles. The first-order chi connectivity index (χ1) is 45.2. The highest BCUT2D eigenvalue weighted by Gasteiger charge is 2.52. The highest BCUT2D eigenvalue weighted by atomic mass is 19.1. The molecule has 7 aliphatic rings. The molecule has 486 valence electrons. The van der Waals surface area contributed by atoms with Gasteiger partial charge in [0.1, 0.15) is 66.9 Å². The zero-order valence-corrected chi connectivity index (χ0v) is 51.5. The molecule has 3 amide bonds. The number of hydrogen-bond donors (Lipinski definition) is 4. The van der Waals surface area contributed by atoms with E-state index in [1.165, 1.54) is 35.0 Å². The predicted molar refractivity (Wildman–Crippen MR) is 333 cm³/mol. The van der Waals surface area contributed by atoms with E-state index in [1.54, 1.807) is 24.8 Å². The number of cyclic esters (lactones) is 1. The quantitative estimate of drug-likeness (QED) is 0.0245. The van der Waals surface area contributed by atoms with Crippen LogP contribution in [-0.4, -0.2) is 146 Å². The van der Waals surface area contributed by atoms with Crippen LogP contribution < -0.4 is 31.6 Å². The van der Waals surface area contributed by atoms with Crippen LogP contribution in [0.25, 0.3) is 55.2 Å². The van der Waals surface area contributed by atoms with E-state index in [4.69, 9.17) is 41.1 Å². The van der Waals surface area contributed by atoms with Crippen molar-refractivity contribution in [2.45, 2.75) is 127 Å². The normalized spacial score (nSPS) is 22.3. The number of anilines is 1. The van der Waals surface area contributed by atoms with Gasteiger partial charge < -0.3 is 54.8 Å². The molecule has 26 heteroatoms. The third-order valence-electron chi connectivity index (χ3n) is 20.0. The number of aromatic nitrogens is 5. The Labute approximate surface area is 534 Å². The summed E-state index contributed by atoms with van der Waals surface area (Å²) in [5, 5.41) is 17.6. The molecule has 10 heterocycles. The van der Waals surface area contributed by atoms with E-state index in [2.05, 4.69) is 38.0 Å². The van der Waals surface area contributed by atoms with Crippen LogP contribution in [0.2, 0.25) is 0 Å². The molecule has 4 saturated heterocycles. The number of phenols is 1. The average molecular weight is 1290 g/mol. The average Bonchev–Trinajstić information content (AvgIpc) is 1.45. The van der Waals surface area contributed by atoms with Crippen molar-refractivity contribution in [3.05, 3.63) is 121 Å². The molecule has 4 aromatic heterocycles. The van der Waals surface area contributed by atoms with Crippen molar-refractivity contribution >= 4 is 68.2 Å². The smallest absolute Gasteiger partial charge is 0.407 e. The Morgan fingerprint density at radius 2 is 1.78 bits per heavy atom. The van der Waals surface area contributed by atoms with Gasteiger partial charge in [0.15, 0.2) is 5.82 Å². The molecule has 7 aromatic rings. The maximum Gasteiger partial charge on any atom is 0.407 e. The molecule has 6 atom stereocenters. The Hall–Kier alpha value is -9.74. The number of pyridine rings is 3. The second-order valence-corrected chi connectivity index (χ2v) is 25.4. The fourth-order valence-electron chi connectivity index (χ4n) is 15.5. The third kappa shape index (κ3) is 10.2. The number of alkyl halides is 1. The predicted octanol–water partition coefficient (Wildman–Crippen LogP) is 7.16. The molecule has 22 nitrogen and oxygen atoms in total. The summed E-state index contributed by atoms with van der Waals surface area (Å²) in [6.45, 7) is 7.06. The first-order valence-corrected chi connectivity index (χ1v) is 31.5. The number of halogens is 4. The van der Waals surface area contributed by atoms with E-state index in [-0.39, 0.29) is 131 Å². The van der Waals surface area contributed by atoms with Gasteiger partial charge in [0, 0.05) is 77.8 Å². The van der Waals surface area contributed by atoms with Crippen LogP contribution >= 0.6 is 0 Å². The summed E-state index contributed by atoms with van der Waals surface area (Å²) in [5.74, 6) is -2.59. The van der Waals surface area contributed by atoms with E-state index in [0.29, 0.717) is 90.3 Å². The fraction of sp³-hybridized carbons (Fsp3) is 0.412. The lowest BCUT2D eigenvalue weighted by Crippen LogP contribution is -2.56. The van der Waals surface area contributed by atoms with Gasteiger partial charge in [0.25, 0.3) is 11.5 Å². The molecule has 3 aromatic carbocycles. The number of hydrogen-bond acceptors (Lipinski definition) is 18. The maximum atomic E-state index is 17.4. The van der Waals surface area contributed by atoms with Crippen LogP contribution in [0.4, 0.5) is 28.2 Å². The molecular weight excluding hydrogens is 1220 g/mol. The Bertz CT molecular complexity index is 4560. The molecular formula is C68H65F4N11O11. The van der Waals surface area contributed by atoms with Crippen LogP contribution in [-0.2, 0) is 58.6 Å². The number of rotatable bonds is 16. The van der Waals surface area contributed by atoms with Crippen molar-refractivity contribution in [3.8, 4) is 46.7 Å². The van der Waals surface area contributed by atoms with E-state index in [0.717, 1.165) is 18.1 Å². The zero-order chi connectivity index (χ0) is 65.8. The zero-order valence-electron chi connectivity index (χ0n) is 51.5. The number of ether oxygens (including phenoxy) is 4. The van der Waals surface area contributed by atoms with Crippen LogP contribution in [0.15, 0.2) is 59.5 Å². The minimum Gasteiger partial charge on any atom is -0.508 e. The van der Waals surface area contributed by atoms with Crippen LogP contribution in [0.3, 0.4) is 0 Å². The van der Waals surface area contributed by atoms with Gasteiger partial charge in [0.2, 0.25) is 11.5 Å². The monoisotopic (exact) mass is 1290 g/mol. The largest absolute Gasteiger partial charge is 0.508 e. The van der Waals surface area contributed by atoms with Crippen molar-refractivity contribution in [1.82, 2.24) is 44.9 Å². The van der Waals surface area contributed by atoms with Crippen LogP contribution in [0.1, 0.15) is 110 Å². The van der Waals surface area contributed by atoms with Gasteiger partial charge in [-0.2, -0.15) is 9.97 Å². The summed E-state index contributed by atoms with van der Waals surface area (Å²) in [6.07, 6.45) is 9.22. The molecule has 1 aliphatic carbocycles. The van der Waals surface area contributed by atoms with Crippen LogP contribution in [0.5, 0.6) is 11.8 Å². The number of piperazine rings is 1. The molecule has 6 unspecified atom stereocenters. The van der Waals surface area contributed by atoms with Crippen molar-refractivity contribution in [2.75, 3.05) is 57.4 Å². The third-order valence-corrected chi connectivity index (χ3v) is 20.0. The van der Waals surface area contributed by atoms with Crippen molar-refractivity contribution in [3.63, 3.8) is 0 Å². The van der Waals surface area contributed by atoms with E-state index in [1.807, 2.05) is 4.90 Å². The number of aryl methyl sites for hydroxylation is 1. The summed E-state index contributed by atoms with van der Waals surface area (Å²) in [4.78, 5) is 108. The van der Waals surface area contributed by atoms with Gasteiger partial charge in [-0.05, 0) is 118 Å². The summed E-state index contributed by atoms with van der Waals surface area (Å²) < 4.78 is 87.8. The number of carbonyl (C=O) groups excluding carboxylic acids is 5. The van der Waals surface area contributed by atoms with E-state index < -0.39 is 102 Å². The molecule has 0 radical (unpaired) electrons. The second kappa shape index (κ2) is 23.7. The van der Waals surface area contributed by atoms with Crippen molar-refractivity contribution < 1.29 is 65.6 Å². The fourth-order valence-corrected chi connectivity index (χ4v) is 15.5. The lowest BCUT2D eigenvalue weighted by Gasteiger charge is -2.42. The second-order valence-electron chi connectivity index (χ2n) is 25.4. The highest BCUT2D eigenvalue weighted by molar-refractivity contribution is 6.03. The van der Waals surface area contributed by atoms with Crippen molar-refractivity contribution in [2.24, 2.45) is 5.73 Å². The minimum atomic E-state index is -2.17. The van der Waals surface area contributed by atoms with Gasteiger partial charge in [-0.25, -0.2) is 32.1 Å². The SMILES string of the molecule is C#Cc1c(F)ccc2cc(O)cc(-c3ncc4c(N5CC6CCC(C5)N6C(=O)C(=C)COC(=O)NCC(=O)OC5(CC)C(=O)OCc6c5cc5n(c6=O)Cc6c-5nc5cc(F)c(C)c7c5c6C(NC(=O)CCCN)CC7)nc(OCC56CCCN5CC(F)C6)nc4c3F)c12. The number of amides is 3. The van der Waals surface area contributed by atoms with Gasteiger partial charge in [-0.3, -0.25) is 29.1 Å². The molecule has 5 N–H and O–H groups in total. The Balaban J connectivity index is 0.666. The highest BCUT2D eigenvalue weighted by Crippen LogP contribution is 2.48. The number of benzene rings is 3. The standard InChI is InChI=1S/C68H65F4N11O11/c1-5-40-47(70)14-10-35-19-39(84)20-42(54(35)40)59-57(72)60-43(24-74-59)61(79-65(78-60)93-32-67-16-8-18-81(67)26-36(69)23-67)80-27-37-11-12-38(28-80)83(37)62(87)33(3)30-92-66(90)75-25-53(86)94-68(6-2)46-21-51-58-44(29-82(51)63(88)45(46)31-91-64(68)89)56-49(76-52(85)9-7-17-73)15-13-41-34(4)48(71)22-50(77-58)55(41)56/h1,10,14,19-22,24,36-38,49,84H,3,6-9,11-13,15-18,23,25-32,73H2,2,4H3,(H,75,90)(H,76,85). The maximum absolute atomic E-state index is 17.4. The minimum absolute atomic E-state index is 0.0144. The lowest BCUT2D eigenvalue weighted by atomic mass is 9.81. The molecule has 14 rings (SSSR count). The molecule has 4 fully saturated rings. The summed E-state index contributed by atoms with van der Waals surface area (Å²) in [7, 11) is 0. The molecule has 2 bridgehead atoms. The molecule has 6 aliphatic heterocycles. The summed E-state index contributed by atoms with van der Waals surface area (Å²) in [5.41, 5.74) is 5.23. The molecule has 94 heavy (non-hydrogen) atoms. The number of nitrogens with one attached hydrogen (secondary N) is 2. The number of terminal acetylenes is 1. The number of phenolic OH excluding ortho intramolecular Hbond substituents is 1. The summed E-state index contributed by atoms with van der Waals surface area (Å²) >= 11 is 0. The Kier molecular flexibility index (Phi) is 15.6. The van der Waals surface area contributed by atoms with E-state index >= 15 is 13.2 Å². The van der Waals surface area contributed by atoms with E-state index in [9.17, 15) is 38.3 Å². The number of fused-ring (bicyclic) bond motifs is 10. The number of alkyl carbamates (subject to hydrolysis) is 1. The number of esters is 2. The molecule has 0 spiro atoms. The Morgan fingerprint density at radius 1 is 0.979 bits per heavy atom. The number of carbonyl (C=O) groups is 5. The Morgan fingerprint density at radius 3 is 2.54 bits per heavy atom. The van der Waals surface area contributed by atoms with Gasteiger partial charge >= 0.3 is 24.0 Å². The number of nitrogens with two attached hydrogens (primary N) is 1. The van der Waals surface area contributed by atoms with Gasteiger partial charge in [-0.1, -0.05) is 25.5 Å². The number of aromatic hydroxyl groups is 1. The topological polar surface area (TPSA) is 276 Å². The lowest BCUT2D eigenvalue weighted by molar-refractivity contribution is -0.188. The van der Waals surface area contributed by atoms with Crippen molar-refractivity contribution in [1.29, 1.82) is 0 Å². The van der Waals surface area contributed by atoms with Gasteiger partial charge in [-0.15, -0.1) is 6.42 Å². The van der Waals surface area contributed by atoms with Gasteiger partial charge in [0.05, 0.1) is 63.6 Å². The first-order valence-electron chi connectivity index (χ1n) is 31.5. The van der Waals surface area contributed by atoms with Crippen LogP contribution in [0, 0.1) is 36.7 Å². The summed E-state index contributed by atoms with van der Waals surface area (Å²) in [6, 6.07) is 6.49. The first kappa shape index (κ1) is 61.7. The number of nitrogens with zero attached hydrogens (tertiary/aromatic N) is 8.